The molecule has 2 N–H and O–H groups in total. The van der Waals surface area contributed by atoms with Gasteiger partial charge in [-0.05, 0) is 35.4 Å². The molecule has 0 radical (unpaired) electrons. The molecule has 26 heavy (non-hydrogen) atoms. The molecule has 0 spiro atoms. The van der Waals surface area contributed by atoms with Crippen LogP contribution in [-0.4, -0.2) is 29.6 Å². The lowest BCUT2D eigenvalue weighted by Crippen LogP contribution is -2.43. The van der Waals surface area contributed by atoms with E-state index in [2.05, 4.69) is 11.9 Å². The number of amides is 1. The second-order valence-electron chi connectivity index (χ2n) is 5.71. The van der Waals surface area contributed by atoms with Crippen LogP contribution in [-0.2, 0) is 22.4 Å². The van der Waals surface area contributed by atoms with Gasteiger partial charge in [0.05, 0.1) is 6.42 Å². The monoisotopic (exact) mass is 373 g/mol. The maximum Gasteiger partial charge on any atom is 0.326 e. The van der Waals surface area contributed by atoms with Crippen molar-refractivity contribution < 1.29 is 19.4 Å². The number of aliphatic carboxylic acids is 1. The minimum Gasteiger partial charge on any atom is -0.490 e. The van der Waals surface area contributed by atoms with E-state index < -0.39 is 12.0 Å². The Labute approximate surface area is 157 Å². The molecular formula is C20H20ClNO4. The van der Waals surface area contributed by atoms with Crippen LogP contribution in [0.25, 0.3) is 0 Å². The number of hydrogen-bond donors (Lipinski definition) is 2. The van der Waals surface area contributed by atoms with Crippen LogP contribution in [0.2, 0.25) is 5.02 Å². The van der Waals surface area contributed by atoms with Crippen molar-refractivity contribution in [2.75, 3.05) is 6.61 Å². The van der Waals surface area contributed by atoms with Gasteiger partial charge in [-0.25, -0.2) is 4.79 Å². The van der Waals surface area contributed by atoms with E-state index >= 15 is 0 Å². The molecule has 1 amide bonds. The fourth-order valence-electron chi connectivity index (χ4n) is 2.39. The van der Waals surface area contributed by atoms with Crippen molar-refractivity contribution in [3.8, 4) is 5.75 Å². The van der Waals surface area contributed by atoms with Crippen molar-refractivity contribution >= 4 is 23.5 Å². The van der Waals surface area contributed by atoms with Gasteiger partial charge in [0.2, 0.25) is 5.91 Å². The molecule has 0 aliphatic rings. The maximum absolute atomic E-state index is 12.2. The van der Waals surface area contributed by atoms with Gasteiger partial charge < -0.3 is 15.2 Å². The number of ether oxygens (including phenoxy) is 1. The molecule has 0 aliphatic heterocycles. The summed E-state index contributed by atoms with van der Waals surface area (Å²) < 4.78 is 5.39. The second kappa shape index (κ2) is 9.63. The number of hydrogen-bond acceptors (Lipinski definition) is 3. The van der Waals surface area contributed by atoms with Gasteiger partial charge >= 0.3 is 5.97 Å². The predicted octanol–water partition coefficient (Wildman–Crippen LogP) is 3.26. The molecule has 0 fully saturated rings. The zero-order chi connectivity index (χ0) is 18.9. The summed E-state index contributed by atoms with van der Waals surface area (Å²) in [6.45, 7) is 3.98. The number of rotatable bonds is 9. The molecule has 6 heteroatoms. The number of halogens is 1. The van der Waals surface area contributed by atoms with E-state index in [9.17, 15) is 14.7 Å². The first-order valence-corrected chi connectivity index (χ1v) is 8.45. The molecule has 0 saturated carbocycles. The van der Waals surface area contributed by atoms with E-state index in [1.165, 1.54) is 0 Å². The Morgan fingerprint density at radius 1 is 1.19 bits per heavy atom. The van der Waals surface area contributed by atoms with Gasteiger partial charge in [0.15, 0.2) is 0 Å². The molecular weight excluding hydrogens is 354 g/mol. The van der Waals surface area contributed by atoms with E-state index in [4.69, 9.17) is 16.3 Å². The van der Waals surface area contributed by atoms with Gasteiger partial charge in [0.25, 0.3) is 0 Å². The van der Waals surface area contributed by atoms with E-state index in [0.29, 0.717) is 17.4 Å². The first kappa shape index (κ1) is 19.5. The first-order chi connectivity index (χ1) is 12.5. The average Bonchev–Trinajstić information content (AvgIpc) is 2.60. The van der Waals surface area contributed by atoms with Crippen molar-refractivity contribution in [3.05, 3.63) is 77.3 Å². The summed E-state index contributed by atoms with van der Waals surface area (Å²) in [4.78, 5) is 23.6. The van der Waals surface area contributed by atoms with Crippen LogP contribution in [0.1, 0.15) is 11.1 Å². The Kier molecular flexibility index (Phi) is 7.24. The third-order valence-electron chi connectivity index (χ3n) is 3.62. The molecule has 5 nitrogen and oxygen atoms in total. The van der Waals surface area contributed by atoms with E-state index in [1.54, 1.807) is 54.6 Å². The zero-order valence-corrected chi connectivity index (χ0v) is 14.9. The van der Waals surface area contributed by atoms with E-state index in [0.717, 1.165) is 11.1 Å². The largest absolute Gasteiger partial charge is 0.490 e. The number of carboxylic acid groups (broad SMARTS) is 1. The van der Waals surface area contributed by atoms with Crippen LogP contribution in [0.15, 0.2) is 61.2 Å². The van der Waals surface area contributed by atoms with Crippen molar-refractivity contribution in [3.63, 3.8) is 0 Å². The van der Waals surface area contributed by atoms with Gasteiger partial charge in [-0.15, -0.1) is 0 Å². The summed E-state index contributed by atoms with van der Waals surface area (Å²) in [6.07, 6.45) is 1.89. The Balaban J connectivity index is 1.96. The Morgan fingerprint density at radius 3 is 2.54 bits per heavy atom. The molecule has 0 heterocycles. The highest BCUT2D eigenvalue weighted by Crippen LogP contribution is 2.14. The minimum atomic E-state index is -1.09. The zero-order valence-electron chi connectivity index (χ0n) is 14.2. The highest BCUT2D eigenvalue weighted by molar-refractivity contribution is 6.30. The molecule has 1 atom stereocenters. The standard InChI is InChI=1S/C20H20ClNO4/c1-2-10-26-17-8-6-14(7-9-17)12-18(20(24)25)22-19(23)13-15-4-3-5-16(21)11-15/h2-9,11,18H,1,10,12-13H2,(H,22,23)(H,24,25)/t18-/m1/s1. The van der Waals surface area contributed by atoms with Gasteiger partial charge in [0.1, 0.15) is 18.4 Å². The summed E-state index contributed by atoms with van der Waals surface area (Å²) in [5, 5.41) is 12.5. The van der Waals surface area contributed by atoms with Crippen molar-refractivity contribution in [1.29, 1.82) is 0 Å². The SMILES string of the molecule is C=CCOc1ccc(C[C@@H](NC(=O)Cc2cccc(Cl)c2)C(=O)O)cc1. The highest BCUT2D eigenvalue weighted by atomic mass is 35.5. The summed E-state index contributed by atoms with van der Waals surface area (Å²) in [6, 6.07) is 13.0. The molecule has 0 saturated heterocycles. The van der Waals surface area contributed by atoms with Crippen LogP contribution in [0, 0.1) is 0 Å². The average molecular weight is 374 g/mol. The van der Waals surface area contributed by atoms with Crippen molar-refractivity contribution in [2.24, 2.45) is 0 Å². The number of carbonyl (C=O) groups excluding carboxylic acids is 1. The van der Waals surface area contributed by atoms with Crippen molar-refractivity contribution in [2.45, 2.75) is 18.9 Å². The molecule has 2 rings (SSSR count). The Hall–Kier alpha value is -2.79. The van der Waals surface area contributed by atoms with Gasteiger partial charge in [0, 0.05) is 11.4 Å². The summed E-state index contributed by atoms with van der Waals surface area (Å²) >= 11 is 5.89. The molecule has 0 unspecified atom stereocenters. The predicted molar refractivity (Wildman–Crippen MR) is 101 cm³/mol. The van der Waals surface area contributed by atoms with Crippen LogP contribution < -0.4 is 10.1 Å². The normalized spacial score (nSPS) is 11.4. The van der Waals surface area contributed by atoms with Crippen LogP contribution >= 0.6 is 11.6 Å². The molecule has 2 aromatic carbocycles. The summed E-state index contributed by atoms with van der Waals surface area (Å²) in [5.41, 5.74) is 1.51. The van der Waals surface area contributed by atoms with Crippen LogP contribution in [0.3, 0.4) is 0 Å². The second-order valence-corrected chi connectivity index (χ2v) is 6.15. The highest BCUT2D eigenvalue weighted by Gasteiger charge is 2.20. The first-order valence-electron chi connectivity index (χ1n) is 8.07. The number of nitrogens with one attached hydrogen (secondary N) is 1. The minimum absolute atomic E-state index is 0.0681. The third-order valence-corrected chi connectivity index (χ3v) is 3.85. The lowest BCUT2D eigenvalue weighted by Gasteiger charge is -2.15. The van der Waals surface area contributed by atoms with E-state index in [1.807, 2.05) is 0 Å². The van der Waals surface area contributed by atoms with E-state index in [-0.39, 0.29) is 18.7 Å². The molecule has 0 aliphatic carbocycles. The van der Waals surface area contributed by atoms with Gasteiger partial charge in [-0.1, -0.05) is 48.5 Å². The third kappa shape index (κ3) is 6.26. The number of carbonyl (C=O) groups is 2. The molecule has 0 aromatic heterocycles. The van der Waals surface area contributed by atoms with Gasteiger partial charge in [-0.3, -0.25) is 4.79 Å². The topological polar surface area (TPSA) is 75.6 Å². The molecule has 0 bridgehead atoms. The lowest BCUT2D eigenvalue weighted by atomic mass is 10.1. The smallest absolute Gasteiger partial charge is 0.326 e. The Bertz CT molecular complexity index is 774. The van der Waals surface area contributed by atoms with Gasteiger partial charge in [-0.2, -0.15) is 0 Å². The molecule has 136 valence electrons. The maximum atomic E-state index is 12.2. The van der Waals surface area contributed by atoms with Crippen molar-refractivity contribution in [1.82, 2.24) is 5.32 Å². The molecule has 2 aromatic rings. The quantitative estimate of drug-likeness (QED) is 0.661. The number of carboxylic acids is 1. The Morgan fingerprint density at radius 2 is 1.92 bits per heavy atom. The fourth-order valence-corrected chi connectivity index (χ4v) is 2.60. The van der Waals surface area contributed by atoms with Crippen LogP contribution in [0.5, 0.6) is 5.75 Å². The summed E-state index contributed by atoms with van der Waals surface area (Å²) in [5.74, 6) is -0.785. The summed E-state index contributed by atoms with van der Waals surface area (Å²) in [7, 11) is 0. The lowest BCUT2D eigenvalue weighted by molar-refractivity contribution is -0.141. The fraction of sp³-hybridized carbons (Fsp3) is 0.200. The van der Waals surface area contributed by atoms with Crippen LogP contribution in [0.4, 0.5) is 0 Å². The number of benzene rings is 2.